The fraction of sp³-hybridized carbons (Fsp3) is 0.500. The maximum Gasteiger partial charge on any atom is 0.243 e. The molecule has 1 heterocycles. The van der Waals surface area contributed by atoms with Crippen molar-refractivity contribution in [2.45, 2.75) is 55.6 Å². The summed E-state index contributed by atoms with van der Waals surface area (Å²) in [5.41, 5.74) is 17.7. The van der Waals surface area contributed by atoms with Crippen molar-refractivity contribution >= 4 is 41.4 Å². The van der Waals surface area contributed by atoms with Crippen molar-refractivity contribution < 1.29 is 19.2 Å². The van der Waals surface area contributed by atoms with E-state index in [0.29, 0.717) is 38.5 Å². The van der Waals surface area contributed by atoms with Gasteiger partial charge in [-0.2, -0.15) is 0 Å². The van der Waals surface area contributed by atoms with E-state index in [0.717, 1.165) is 5.56 Å². The molecule has 1 saturated heterocycles. The van der Waals surface area contributed by atoms with Crippen molar-refractivity contribution in [3.63, 3.8) is 0 Å². The van der Waals surface area contributed by atoms with Gasteiger partial charge < -0.3 is 32.2 Å². The molecule has 180 valence electrons. The minimum Gasteiger partial charge on any atom is -0.370 e. The number of guanidine groups is 1. The van der Waals surface area contributed by atoms with E-state index in [1.54, 1.807) is 0 Å². The van der Waals surface area contributed by atoms with E-state index >= 15 is 0 Å². The highest BCUT2D eigenvalue weighted by molar-refractivity contribution is 6.39. The second-order valence-electron chi connectivity index (χ2n) is 7.94. The Morgan fingerprint density at radius 1 is 1.24 bits per heavy atom. The summed E-state index contributed by atoms with van der Waals surface area (Å²) < 4.78 is 0. The Morgan fingerprint density at radius 3 is 2.58 bits per heavy atom. The Balaban J connectivity index is 2.04. The number of hydrogen-bond donors (Lipinski definition) is 4. The number of hydrogen-bond acceptors (Lipinski definition) is 6. The van der Waals surface area contributed by atoms with Crippen molar-refractivity contribution in [2.24, 2.45) is 22.2 Å². The topological polar surface area (TPSA) is 174 Å². The summed E-state index contributed by atoms with van der Waals surface area (Å²) >= 11 is 5.80. The molecule has 1 fully saturated rings. The highest BCUT2D eigenvalue weighted by Gasteiger charge is 2.38. The van der Waals surface area contributed by atoms with Crippen LogP contribution in [-0.2, 0) is 25.6 Å². The van der Waals surface area contributed by atoms with E-state index in [-0.39, 0.29) is 24.8 Å². The fourth-order valence-corrected chi connectivity index (χ4v) is 3.94. The molecular formula is C22H31ClN6O4. The van der Waals surface area contributed by atoms with Crippen LogP contribution in [0.15, 0.2) is 35.3 Å². The van der Waals surface area contributed by atoms with Gasteiger partial charge in [0.15, 0.2) is 11.7 Å². The minimum absolute atomic E-state index is 0.0861. The number of nitrogens with one attached hydrogen (secondary N) is 1. The maximum atomic E-state index is 13.0. The summed E-state index contributed by atoms with van der Waals surface area (Å²) in [5.74, 6) is -1.52. The van der Waals surface area contributed by atoms with E-state index in [1.165, 1.54) is 4.90 Å². The number of amides is 2. The van der Waals surface area contributed by atoms with Gasteiger partial charge in [0.05, 0.1) is 12.1 Å². The summed E-state index contributed by atoms with van der Waals surface area (Å²) in [6, 6.07) is 6.83. The average Bonchev–Trinajstić information content (AvgIpc) is 3.30. The molecule has 0 spiro atoms. The number of nitrogens with two attached hydrogens (primary N) is 3. The lowest BCUT2D eigenvalue weighted by atomic mass is 10.0. The Hall–Kier alpha value is -2.98. The lowest BCUT2D eigenvalue weighted by Gasteiger charge is -2.28. The van der Waals surface area contributed by atoms with Gasteiger partial charge in [-0.15, -0.1) is 11.6 Å². The maximum absolute atomic E-state index is 13.0. The third-order valence-corrected chi connectivity index (χ3v) is 5.77. The molecule has 7 N–H and O–H groups in total. The molecule has 1 aromatic carbocycles. The number of nitrogens with zero attached hydrogens (tertiary/aromatic N) is 2. The number of aliphatic imine (C=N–C) groups is 1. The first-order chi connectivity index (χ1) is 15.7. The standard InChI is InChI=1S/C22H31ClN6O4/c23-15(13-30)19(31)17(8-4-10-27-22(25)26)28-20(32)18-9-5-11-29(18)21(33)16(24)12-14-6-2-1-3-7-14/h1-3,6-7,13,15-18H,4-5,8-12,24H2,(H,28,32)(H4,25,26,27)/t15?,16-,17?,18?/m1/s1. The zero-order valence-electron chi connectivity index (χ0n) is 18.4. The summed E-state index contributed by atoms with van der Waals surface area (Å²) in [4.78, 5) is 54.8. The van der Waals surface area contributed by atoms with Crippen LogP contribution in [0.2, 0.25) is 0 Å². The zero-order chi connectivity index (χ0) is 24.4. The molecule has 1 aliphatic heterocycles. The number of ketones is 1. The number of aldehydes is 1. The first-order valence-electron chi connectivity index (χ1n) is 10.8. The molecule has 0 radical (unpaired) electrons. The molecule has 3 unspecified atom stereocenters. The Bertz CT molecular complexity index is 862. The van der Waals surface area contributed by atoms with Crippen molar-refractivity contribution in [2.75, 3.05) is 13.1 Å². The normalized spacial score (nSPS) is 18.1. The number of Topliss-reactive ketones (excluding diaryl/α,β-unsaturated/α-hetero) is 1. The van der Waals surface area contributed by atoms with E-state index < -0.39 is 35.2 Å². The number of carbonyl (C=O) groups is 4. The van der Waals surface area contributed by atoms with Crippen molar-refractivity contribution in [1.82, 2.24) is 10.2 Å². The van der Waals surface area contributed by atoms with E-state index in [1.807, 2.05) is 30.3 Å². The van der Waals surface area contributed by atoms with Gasteiger partial charge in [-0.3, -0.25) is 19.4 Å². The van der Waals surface area contributed by atoms with E-state index in [4.69, 9.17) is 28.8 Å². The molecule has 1 aliphatic rings. The van der Waals surface area contributed by atoms with E-state index in [2.05, 4.69) is 10.3 Å². The summed E-state index contributed by atoms with van der Waals surface area (Å²) in [6.45, 7) is 0.646. The van der Waals surface area contributed by atoms with Gasteiger partial charge in [-0.25, -0.2) is 0 Å². The first kappa shape index (κ1) is 26.3. The number of benzene rings is 1. The smallest absolute Gasteiger partial charge is 0.243 e. The largest absolute Gasteiger partial charge is 0.370 e. The second kappa shape index (κ2) is 12.9. The van der Waals surface area contributed by atoms with Gasteiger partial charge in [-0.1, -0.05) is 30.3 Å². The predicted octanol–water partition coefficient (Wildman–Crippen LogP) is -0.539. The summed E-state index contributed by atoms with van der Waals surface area (Å²) in [7, 11) is 0. The first-order valence-corrected chi connectivity index (χ1v) is 11.3. The van der Waals surface area contributed by atoms with Crippen LogP contribution in [0, 0.1) is 0 Å². The number of carbonyl (C=O) groups excluding carboxylic acids is 4. The minimum atomic E-state index is -1.39. The van der Waals surface area contributed by atoms with Gasteiger partial charge in [-0.05, 0) is 37.7 Å². The van der Waals surface area contributed by atoms with Crippen LogP contribution < -0.4 is 22.5 Å². The Labute approximate surface area is 197 Å². The Kier molecular flexibility index (Phi) is 10.3. The van der Waals surface area contributed by atoms with Gasteiger partial charge in [0.2, 0.25) is 11.8 Å². The van der Waals surface area contributed by atoms with Crippen LogP contribution in [0.25, 0.3) is 0 Å². The molecule has 33 heavy (non-hydrogen) atoms. The van der Waals surface area contributed by atoms with Gasteiger partial charge in [0.1, 0.15) is 17.7 Å². The second-order valence-corrected chi connectivity index (χ2v) is 8.41. The molecule has 0 aliphatic carbocycles. The molecule has 4 atom stereocenters. The molecule has 0 bridgehead atoms. The number of halogens is 1. The number of likely N-dealkylation sites (tertiary alicyclic amines) is 1. The lowest BCUT2D eigenvalue weighted by Crippen LogP contribution is -2.55. The third kappa shape index (κ3) is 7.83. The van der Waals surface area contributed by atoms with Crippen molar-refractivity contribution in [1.29, 1.82) is 0 Å². The van der Waals surface area contributed by atoms with Crippen LogP contribution in [0.3, 0.4) is 0 Å². The molecule has 0 aromatic heterocycles. The zero-order valence-corrected chi connectivity index (χ0v) is 19.1. The van der Waals surface area contributed by atoms with Crippen LogP contribution in [0.5, 0.6) is 0 Å². The molecular weight excluding hydrogens is 448 g/mol. The highest BCUT2D eigenvalue weighted by Crippen LogP contribution is 2.20. The molecule has 11 heteroatoms. The molecule has 2 amide bonds. The molecule has 10 nitrogen and oxygen atoms in total. The predicted molar refractivity (Wildman–Crippen MR) is 125 cm³/mol. The number of rotatable bonds is 12. The average molecular weight is 479 g/mol. The molecule has 2 rings (SSSR count). The summed E-state index contributed by atoms with van der Waals surface area (Å²) in [6.07, 6.45) is 2.32. The third-order valence-electron chi connectivity index (χ3n) is 5.45. The van der Waals surface area contributed by atoms with Crippen molar-refractivity contribution in [3.05, 3.63) is 35.9 Å². The molecule has 1 aromatic rings. The quantitative estimate of drug-likeness (QED) is 0.0778. The van der Waals surface area contributed by atoms with E-state index in [9.17, 15) is 19.2 Å². The van der Waals surface area contributed by atoms with Gasteiger partial charge >= 0.3 is 0 Å². The van der Waals surface area contributed by atoms with Crippen LogP contribution in [0.4, 0.5) is 0 Å². The number of alkyl halides is 1. The lowest BCUT2D eigenvalue weighted by molar-refractivity contribution is -0.140. The van der Waals surface area contributed by atoms with Gasteiger partial charge in [0, 0.05) is 13.1 Å². The highest BCUT2D eigenvalue weighted by atomic mass is 35.5. The van der Waals surface area contributed by atoms with Gasteiger partial charge in [0.25, 0.3) is 0 Å². The molecule has 0 saturated carbocycles. The monoisotopic (exact) mass is 478 g/mol. The van der Waals surface area contributed by atoms with Crippen LogP contribution >= 0.6 is 11.6 Å². The van der Waals surface area contributed by atoms with Crippen LogP contribution in [-0.4, -0.2) is 71.3 Å². The van der Waals surface area contributed by atoms with Crippen molar-refractivity contribution in [3.8, 4) is 0 Å². The SMILES string of the molecule is NC(N)=NCCCC(NC(=O)C1CCCN1C(=O)[C@H](N)Cc1ccccc1)C(=O)C(Cl)C=O. The fourth-order valence-electron chi connectivity index (χ4n) is 3.79. The Morgan fingerprint density at radius 2 is 1.94 bits per heavy atom. The summed E-state index contributed by atoms with van der Waals surface area (Å²) in [5, 5.41) is 1.27. The van der Waals surface area contributed by atoms with Crippen LogP contribution in [0.1, 0.15) is 31.2 Å².